The van der Waals surface area contributed by atoms with E-state index in [0.717, 1.165) is 15.7 Å². The lowest BCUT2D eigenvalue weighted by Gasteiger charge is -2.17. The first kappa shape index (κ1) is 12.7. The molecule has 0 spiro atoms. The molecule has 1 amide bonds. The molecule has 0 saturated heterocycles. The van der Waals surface area contributed by atoms with Crippen LogP contribution in [0, 0.1) is 6.92 Å². The van der Waals surface area contributed by atoms with Crippen LogP contribution in [-0.4, -0.2) is 10.2 Å². The molecule has 0 radical (unpaired) electrons. The van der Waals surface area contributed by atoms with Crippen molar-refractivity contribution >= 4 is 43.5 Å². The summed E-state index contributed by atoms with van der Waals surface area (Å²) in [6.07, 6.45) is 0. The number of anilines is 1. The van der Waals surface area contributed by atoms with E-state index in [1.807, 2.05) is 39.0 Å². The molecule has 0 unspecified atom stereocenters. The first-order valence-corrected chi connectivity index (χ1v) is 6.16. The van der Waals surface area contributed by atoms with Crippen molar-refractivity contribution in [1.82, 2.24) is 0 Å². The minimum atomic E-state index is -0.554. The topological polar surface area (TPSA) is 29.1 Å². The predicted octanol–water partition coefficient (Wildman–Crippen LogP) is 3.87. The Hall–Kier alpha value is -0.350. The van der Waals surface area contributed by atoms with Crippen LogP contribution in [0.25, 0.3) is 0 Å². The Morgan fingerprint density at radius 2 is 2.00 bits per heavy atom. The number of rotatable bonds is 2. The van der Waals surface area contributed by atoms with Crippen LogP contribution in [-0.2, 0) is 4.79 Å². The van der Waals surface area contributed by atoms with Crippen molar-refractivity contribution in [3.8, 4) is 0 Å². The Morgan fingerprint density at radius 3 is 2.53 bits per heavy atom. The van der Waals surface area contributed by atoms with Gasteiger partial charge in [-0.1, -0.05) is 37.9 Å². The molecule has 0 aliphatic heterocycles. The summed E-state index contributed by atoms with van der Waals surface area (Å²) in [6.45, 7) is 5.59. The second kappa shape index (κ2) is 4.66. The number of halogens is 2. The van der Waals surface area contributed by atoms with Crippen molar-refractivity contribution in [2.24, 2.45) is 0 Å². The van der Waals surface area contributed by atoms with Crippen LogP contribution in [0.3, 0.4) is 0 Å². The third-order valence-corrected chi connectivity index (χ3v) is 2.84. The van der Waals surface area contributed by atoms with Gasteiger partial charge in [0, 0.05) is 10.2 Å². The summed E-state index contributed by atoms with van der Waals surface area (Å²) in [5.41, 5.74) is 1.88. The molecule has 0 fully saturated rings. The highest BCUT2D eigenvalue weighted by atomic mass is 79.9. The van der Waals surface area contributed by atoms with Gasteiger partial charge in [0.25, 0.3) is 0 Å². The van der Waals surface area contributed by atoms with Crippen LogP contribution in [0.4, 0.5) is 5.69 Å². The second-order valence-electron chi connectivity index (χ2n) is 3.89. The first-order chi connectivity index (χ1) is 6.80. The van der Waals surface area contributed by atoms with E-state index in [9.17, 15) is 4.79 Å². The Bertz CT molecular complexity index is 383. The SMILES string of the molecule is Cc1ccc(Br)cc1NC(=O)C(C)(C)Br. The maximum Gasteiger partial charge on any atom is 0.240 e. The van der Waals surface area contributed by atoms with Gasteiger partial charge in [-0.25, -0.2) is 0 Å². The molecule has 0 saturated carbocycles. The Balaban J connectivity index is 2.90. The molecule has 1 aromatic rings. The molecule has 0 bridgehead atoms. The van der Waals surface area contributed by atoms with Gasteiger partial charge >= 0.3 is 0 Å². The Labute approximate surface area is 107 Å². The summed E-state index contributed by atoms with van der Waals surface area (Å²) in [5, 5.41) is 2.88. The first-order valence-electron chi connectivity index (χ1n) is 4.57. The standard InChI is InChI=1S/C11H13Br2NO/c1-7-4-5-8(12)6-9(7)14-10(15)11(2,3)13/h4-6H,1-3H3,(H,14,15). The highest BCUT2D eigenvalue weighted by Crippen LogP contribution is 2.23. The van der Waals surface area contributed by atoms with Crippen LogP contribution in [0.2, 0.25) is 0 Å². The highest BCUT2D eigenvalue weighted by molar-refractivity contribution is 9.10. The maximum atomic E-state index is 11.7. The molecule has 0 atom stereocenters. The molecule has 1 N–H and O–H groups in total. The number of carbonyl (C=O) groups excluding carboxylic acids is 1. The number of benzene rings is 1. The molecule has 0 aromatic heterocycles. The molecule has 0 aliphatic rings. The largest absolute Gasteiger partial charge is 0.325 e. The molecule has 0 aliphatic carbocycles. The lowest BCUT2D eigenvalue weighted by atomic mass is 10.1. The molecular formula is C11H13Br2NO. The third-order valence-electron chi connectivity index (χ3n) is 1.99. The van der Waals surface area contributed by atoms with Gasteiger partial charge in [-0.2, -0.15) is 0 Å². The summed E-state index contributed by atoms with van der Waals surface area (Å²) in [5.74, 6) is -0.0521. The van der Waals surface area contributed by atoms with E-state index in [1.54, 1.807) is 0 Å². The maximum absolute atomic E-state index is 11.7. The van der Waals surface area contributed by atoms with E-state index in [-0.39, 0.29) is 5.91 Å². The molecule has 4 heteroatoms. The van der Waals surface area contributed by atoms with Crippen LogP contribution in [0.1, 0.15) is 19.4 Å². The van der Waals surface area contributed by atoms with Crippen LogP contribution < -0.4 is 5.32 Å². The number of aryl methyl sites for hydroxylation is 1. The fourth-order valence-electron chi connectivity index (χ4n) is 1.000. The zero-order valence-electron chi connectivity index (χ0n) is 8.90. The van der Waals surface area contributed by atoms with Crippen molar-refractivity contribution < 1.29 is 4.79 Å². The zero-order valence-corrected chi connectivity index (χ0v) is 12.1. The second-order valence-corrected chi connectivity index (χ2v) is 6.78. The summed E-state index contributed by atoms with van der Waals surface area (Å²) < 4.78 is 0.401. The van der Waals surface area contributed by atoms with Gasteiger partial charge in [-0.3, -0.25) is 4.79 Å². The van der Waals surface area contributed by atoms with E-state index in [4.69, 9.17) is 0 Å². The van der Waals surface area contributed by atoms with Gasteiger partial charge in [-0.15, -0.1) is 0 Å². The molecule has 82 valence electrons. The zero-order chi connectivity index (χ0) is 11.6. The van der Waals surface area contributed by atoms with Crippen LogP contribution in [0.15, 0.2) is 22.7 Å². The van der Waals surface area contributed by atoms with Gasteiger partial charge in [0.15, 0.2) is 0 Å². The van der Waals surface area contributed by atoms with Crippen LogP contribution >= 0.6 is 31.9 Å². The summed E-state index contributed by atoms with van der Waals surface area (Å²) in [7, 11) is 0. The lowest BCUT2D eigenvalue weighted by Crippen LogP contribution is -2.31. The van der Waals surface area contributed by atoms with Crippen molar-refractivity contribution in [1.29, 1.82) is 0 Å². The van der Waals surface area contributed by atoms with E-state index < -0.39 is 4.32 Å². The van der Waals surface area contributed by atoms with Crippen molar-refractivity contribution in [2.45, 2.75) is 25.1 Å². The Morgan fingerprint density at radius 1 is 1.40 bits per heavy atom. The highest BCUT2D eigenvalue weighted by Gasteiger charge is 2.23. The van der Waals surface area contributed by atoms with Crippen molar-refractivity contribution in [3.05, 3.63) is 28.2 Å². The van der Waals surface area contributed by atoms with Gasteiger partial charge in [-0.05, 0) is 38.5 Å². The van der Waals surface area contributed by atoms with Gasteiger partial charge < -0.3 is 5.32 Å². The number of amides is 1. The fraction of sp³-hybridized carbons (Fsp3) is 0.364. The molecule has 0 heterocycles. The molecule has 2 nitrogen and oxygen atoms in total. The quantitative estimate of drug-likeness (QED) is 0.817. The summed E-state index contributed by atoms with van der Waals surface area (Å²) in [4.78, 5) is 11.7. The van der Waals surface area contributed by atoms with E-state index in [2.05, 4.69) is 37.2 Å². The predicted molar refractivity (Wildman–Crippen MR) is 70.5 cm³/mol. The number of nitrogens with one attached hydrogen (secondary N) is 1. The van der Waals surface area contributed by atoms with E-state index >= 15 is 0 Å². The third kappa shape index (κ3) is 3.61. The number of hydrogen-bond donors (Lipinski definition) is 1. The van der Waals surface area contributed by atoms with E-state index in [1.165, 1.54) is 0 Å². The minimum Gasteiger partial charge on any atom is -0.325 e. The number of carbonyl (C=O) groups is 1. The normalized spacial score (nSPS) is 11.3. The average molecular weight is 335 g/mol. The lowest BCUT2D eigenvalue weighted by molar-refractivity contribution is -0.117. The van der Waals surface area contributed by atoms with E-state index in [0.29, 0.717) is 0 Å². The number of alkyl halides is 1. The van der Waals surface area contributed by atoms with Gasteiger partial charge in [0.1, 0.15) is 0 Å². The van der Waals surface area contributed by atoms with Gasteiger partial charge in [0.05, 0.1) is 4.32 Å². The molecule has 15 heavy (non-hydrogen) atoms. The minimum absolute atomic E-state index is 0.0521. The Kier molecular flexibility index (Phi) is 3.95. The smallest absolute Gasteiger partial charge is 0.240 e. The van der Waals surface area contributed by atoms with Crippen molar-refractivity contribution in [3.63, 3.8) is 0 Å². The summed E-state index contributed by atoms with van der Waals surface area (Å²) >= 11 is 6.69. The fourth-order valence-corrected chi connectivity index (χ4v) is 1.46. The molecule has 1 rings (SSSR count). The summed E-state index contributed by atoms with van der Waals surface area (Å²) in [6, 6.07) is 5.80. The average Bonchev–Trinajstić information content (AvgIpc) is 2.09. The monoisotopic (exact) mass is 333 g/mol. The molecule has 1 aromatic carbocycles. The molecular weight excluding hydrogens is 322 g/mol. The van der Waals surface area contributed by atoms with Crippen LogP contribution in [0.5, 0.6) is 0 Å². The van der Waals surface area contributed by atoms with Gasteiger partial charge in [0.2, 0.25) is 5.91 Å². The van der Waals surface area contributed by atoms with Crippen molar-refractivity contribution in [2.75, 3.05) is 5.32 Å². The number of hydrogen-bond acceptors (Lipinski definition) is 1.